The molecule has 7 heteroatoms. The van der Waals surface area contributed by atoms with Gasteiger partial charge in [-0.2, -0.15) is 0 Å². The molecule has 1 amide bonds. The van der Waals surface area contributed by atoms with E-state index in [9.17, 15) is 14.0 Å². The van der Waals surface area contributed by atoms with Crippen molar-refractivity contribution in [2.24, 2.45) is 5.92 Å². The van der Waals surface area contributed by atoms with Crippen molar-refractivity contribution in [3.05, 3.63) is 58.2 Å². The first-order valence-electron chi connectivity index (χ1n) is 11.7. The molecule has 34 heavy (non-hydrogen) atoms. The average molecular weight is 475 g/mol. The van der Waals surface area contributed by atoms with E-state index in [1.807, 2.05) is 13.8 Å². The molecular weight excluding hydrogens is 438 g/mol. The molecule has 0 aliphatic rings. The van der Waals surface area contributed by atoms with Gasteiger partial charge in [-0.3, -0.25) is 9.59 Å². The van der Waals surface area contributed by atoms with Crippen LogP contribution in [0.2, 0.25) is 0 Å². The molecular formula is C27H36F2N2O3. The van der Waals surface area contributed by atoms with E-state index in [1.165, 1.54) is 12.1 Å². The highest BCUT2D eigenvalue weighted by Crippen LogP contribution is 2.34. The summed E-state index contributed by atoms with van der Waals surface area (Å²) in [6.07, 6.45) is 0.378. The van der Waals surface area contributed by atoms with Crippen LogP contribution < -0.4 is 10.6 Å². The smallest absolute Gasteiger partial charge is 0.308 e. The minimum Gasteiger partial charge on any atom is -0.466 e. The fraction of sp³-hybridized carbons (Fsp3) is 0.481. The topological polar surface area (TPSA) is 67.4 Å². The maximum Gasteiger partial charge on any atom is 0.308 e. The molecule has 186 valence electrons. The lowest BCUT2D eigenvalue weighted by molar-refractivity contribution is -0.143. The van der Waals surface area contributed by atoms with E-state index < -0.39 is 23.9 Å². The average Bonchev–Trinajstić information content (AvgIpc) is 2.73. The maximum atomic E-state index is 15.4. The molecule has 0 saturated heterocycles. The molecule has 0 fully saturated rings. The molecule has 2 N–H and O–H groups in total. The number of hydrogen-bond acceptors (Lipinski definition) is 4. The van der Waals surface area contributed by atoms with Crippen molar-refractivity contribution in [3.8, 4) is 11.1 Å². The van der Waals surface area contributed by atoms with Crippen LogP contribution in [-0.4, -0.2) is 31.6 Å². The summed E-state index contributed by atoms with van der Waals surface area (Å²) in [5.74, 6) is -1.43. The number of esters is 1. The minimum atomic E-state index is -0.922. The Morgan fingerprint density at radius 2 is 1.62 bits per heavy atom. The number of carbonyl (C=O) groups is 2. The van der Waals surface area contributed by atoms with E-state index in [-0.39, 0.29) is 36.2 Å². The number of carbonyl (C=O) groups excluding carboxylic acids is 2. The number of rotatable bonds is 10. The Hall–Kier alpha value is -2.80. The number of halogens is 2. The summed E-state index contributed by atoms with van der Waals surface area (Å²) in [6.45, 7) is 11.1. The lowest BCUT2D eigenvalue weighted by atomic mass is 9.90. The SMILES string of the molecule is CCOC(=O)C[C@H](NC(=O)C(CC(C)C)NC)c1cc(-c2c(C)cc(F)cc2C)cc(C)c1F. The normalized spacial score (nSPS) is 13.0. The van der Waals surface area contributed by atoms with Crippen LogP contribution in [0.15, 0.2) is 24.3 Å². The molecule has 0 heterocycles. The Bertz CT molecular complexity index is 1010. The third-order valence-electron chi connectivity index (χ3n) is 5.81. The first-order chi connectivity index (χ1) is 16.0. The van der Waals surface area contributed by atoms with E-state index >= 15 is 4.39 Å². The first-order valence-corrected chi connectivity index (χ1v) is 11.7. The van der Waals surface area contributed by atoms with Gasteiger partial charge >= 0.3 is 5.97 Å². The maximum absolute atomic E-state index is 15.4. The van der Waals surface area contributed by atoms with Crippen LogP contribution >= 0.6 is 0 Å². The quantitative estimate of drug-likeness (QED) is 0.459. The van der Waals surface area contributed by atoms with Gasteiger partial charge in [0.25, 0.3) is 0 Å². The Balaban J connectivity index is 2.57. The molecule has 0 bridgehead atoms. The molecule has 0 saturated carbocycles. The predicted molar refractivity (Wildman–Crippen MR) is 130 cm³/mol. The summed E-state index contributed by atoms with van der Waals surface area (Å²) >= 11 is 0. The van der Waals surface area contributed by atoms with Crippen molar-refractivity contribution in [1.29, 1.82) is 0 Å². The zero-order chi connectivity index (χ0) is 25.6. The molecule has 2 aromatic rings. The number of likely N-dealkylation sites (N-methyl/N-ethyl adjacent to an activating group) is 1. The van der Waals surface area contributed by atoms with Gasteiger partial charge in [0.15, 0.2) is 0 Å². The number of hydrogen-bond donors (Lipinski definition) is 2. The van der Waals surface area contributed by atoms with Crippen LogP contribution in [0, 0.1) is 38.3 Å². The monoisotopic (exact) mass is 474 g/mol. The molecule has 2 atom stereocenters. The second-order valence-electron chi connectivity index (χ2n) is 9.15. The summed E-state index contributed by atoms with van der Waals surface area (Å²) in [5.41, 5.74) is 3.48. The van der Waals surface area contributed by atoms with E-state index in [0.717, 1.165) is 5.56 Å². The number of benzene rings is 2. The summed E-state index contributed by atoms with van der Waals surface area (Å²) in [5, 5.41) is 5.86. The third kappa shape index (κ3) is 6.86. The Morgan fingerprint density at radius 3 is 2.15 bits per heavy atom. The van der Waals surface area contributed by atoms with E-state index in [0.29, 0.717) is 28.7 Å². The van der Waals surface area contributed by atoms with Gasteiger partial charge in [-0.15, -0.1) is 0 Å². The molecule has 5 nitrogen and oxygen atoms in total. The number of amides is 1. The van der Waals surface area contributed by atoms with E-state index in [2.05, 4.69) is 10.6 Å². The van der Waals surface area contributed by atoms with Crippen molar-refractivity contribution < 1.29 is 23.1 Å². The minimum absolute atomic E-state index is 0.182. The van der Waals surface area contributed by atoms with Gasteiger partial charge in [0.2, 0.25) is 5.91 Å². The van der Waals surface area contributed by atoms with Gasteiger partial charge < -0.3 is 15.4 Å². The highest BCUT2D eigenvalue weighted by Gasteiger charge is 2.27. The second-order valence-corrected chi connectivity index (χ2v) is 9.15. The highest BCUT2D eigenvalue weighted by molar-refractivity contribution is 5.83. The standard InChI is InChI=1S/C27H36F2N2O3/c1-8-34-24(32)14-22(31-27(33)23(30-7)9-15(2)3)21-13-19(10-18(6)26(21)29)25-16(4)11-20(28)12-17(25)5/h10-13,15,22-23,30H,8-9,14H2,1-7H3,(H,31,33)/t22-,23?/m0/s1. The fourth-order valence-corrected chi connectivity index (χ4v) is 4.29. The molecule has 2 rings (SSSR count). The summed E-state index contributed by atoms with van der Waals surface area (Å²) < 4.78 is 34.4. The fourth-order valence-electron chi connectivity index (χ4n) is 4.29. The molecule has 0 aliphatic heterocycles. The summed E-state index contributed by atoms with van der Waals surface area (Å²) in [7, 11) is 1.69. The summed E-state index contributed by atoms with van der Waals surface area (Å²) in [6, 6.07) is 4.79. The van der Waals surface area contributed by atoms with Crippen LogP contribution in [0.1, 0.15) is 61.9 Å². The van der Waals surface area contributed by atoms with Crippen molar-refractivity contribution in [1.82, 2.24) is 10.6 Å². The molecule has 1 unspecified atom stereocenters. The van der Waals surface area contributed by atoms with Crippen LogP contribution in [0.4, 0.5) is 8.78 Å². The molecule has 0 radical (unpaired) electrons. The van der Waals surface area contributed by atoms with Gasteiger partial charge in [-0.1, -0.05) is 13.8 Å². The van der Waals surface area contributed by atoms with Crippen molar-refractivity contribution >= 4 is 11.9 Å². The Labute approximate surface area is 201 Å². The van der Waals surface area contributed by atoms with Crippen LogP contribution in [0.25, 0.3) is 11.1 Å². The molecule has 0 aliphatic carbocycles. The lowest BCUT2D eigenvalue weighted by Crippen LogP contribution is -2.45. The predicted octanol–water partition coefficient (Wildman–Crippen LogP) is 5.30. The Morgan fingerprint density at radius 1 is 1.00 bits per heavy atom. The number of ether oxygens (including phenoxy) is 1. The Kier molecular flexibility index (Phi) is 9.74. The molecule has 2 aromatic carbocycles. The van der Waals surface area contributed by atoms with E-state index in [4.69, 9.17) is 4.74 Å². The van der Waals surface area contributed by atoms with Crippen molar-refractivity contribution in [3.63, 3.8) is 0 Å². The lowest BCUT2D eigenvalue weighted by Gasteiger charge is -2.25. The zero-order valence-corrected chi connectivity index (χ0v) is 21.1. The number of nitrogens with one attached hydrogen (secondary N) is 2. The van der Waals surface area contributed by atoms with E-state index in [1.54, 1.807) is 46.9 Å². The van der Waals surface area contributed by atoms with Crippen molar-refractivity contribution in [2.75, 3.05) is 13.7 Å². The number of aryl methyl sites for hydroxylation is 3. The highest BCUT2D eigenvalue weighted by atomic mass is 19.1. The first kappa shape index (κ1) is 27.4. The van der Waals surface area contributed by atoms with Crippen LogP contribution in [-0.2, 0) is 14.3 Å². The third-order valence-corrected chi connectivity index (χ3v) is 5.81. The van der Waals surface area contributed by atoms with Gasteiger partial charge in [-0.25, -0.2) is 8.78 Å². The van der Waals surface area contributed by atoms with Crippen LogP contribution in [0.5, 0.6) is 0 Å². The van der Waals surface area contributed by atoms with Crippen molar-refractivity contribution in [2.45, 2.75) is 66.5 Å². The van der Waals surface area contributed by atoms with Gasteiger partial charge in [0, 0.05) is 5.56 Å². The zero-order valence-electron chi connectivity index (χ0n) is 21.1. The van der Waals surface area contributed by atoms with Crippen LogP contribution in [0.3, 0.4) is 0 Å². The molecule has 0 spiro atoms. The largest absolute Gasteiger partial charge is 0.466 e. The van der Waals surface area contributed by atoms with Gasteiger partial charge in [0.05, 0.1) is 25.1 Å². The second kappa shape index (κ2) is 12.1. The summed E-state index contributed by atoms with van der Waals surface area (Å²) in [4.78, 5) is 25.4. The molecule has 0 aromatic heterocycles. The van der Waals surface area contributed by atoms with Gasteiger partial charge in [0.1, 0.15) is 11.6 Å². The van der Waals surface area contributed by atoms with Gasteiger partial charge in [-0.05, 0) is 99.2 Å².